The maximum atomic E-state index is 12.2. The van der Waals surface area contributed by atoms with E-state index in [0.717, 1.165) is 5.56 Å². The molecule has 10 heteroatoms. The molecule has 2 aromatic carbocycles. The SMILES string of the molecule is CC(=O)OCc1c(/C=C(\NC(=O)OCc2ccccc2)C(=O)O)ccc(NC(=O)OC(C)(C)C)c1C. The van der Waals surface area contributed by atoms with Crippen molar-refractivity contribution in [2.24, 2.45) is 0 Å². The zero-order chi connectivity index (χ0) is 26.9. The van der Waals surface area contributed by atoms with Gasteiger partial charge >= 0.3 is 24.1 Å². The highest BCUT2D eigenvalue weighted by atomic mass is 16.6. The summed E-state index contributed by atoms with van der Waals surface area (Å²) in [4.78, 5) is 47.7. The van der Waals surface area contributed by atoms with Gasteiger partial charge in [0.25, 0.3) is 0 Å². The van der Waals surface area contributed by atoms with Crippen molar-refractivity contribution in [1.82, 2.24) is 5.32 Å². The maximum absolute atomic E-state index is 12.2. The van der Waals surface area contributed by atoms with Crippen LogP contribution in [-0.2, 0) is 37.0 Å². The topological polar surface area (TPSA) is 140 Å². The minimum absolute atomic E-state index is 0.0403. The van der Waals surface area contributed by atoms with Crippen LogP contribution in [0.15, 0.2) is 48.2 Å². The van der Waals surface area contributed by atoms with E-state index in [-0.39, 0.29) is 13.2 Å². The summed E-state index contributed by atoms with van der Waals surface area (Å²) >= 11 is 0. The van der Waals surface area contributed by atoms with Gasteiger partial charge < -0.3 is 19.3 Å². The Morgan fingerprint density at radius 1 is 0.944 bits per heavy atom. The van der Waals surface area contributed by atoms with E-state index in [9.17, 15) is 24.3 Å². The fourth-order valence-corrected chi connectivity index (χ4v) is 3.00. The van der Waals surface area contributed by atoms with E-state index in [1.807, 2.05) is 6.07 Å². The molecule has 3 N–H and O–H groups in total. The standard InChI is InChI=1S/C26H30N2O8/c1-16-20(15-34-17(2)29)19(11-12-21(16)27-25(33)36-26(3,4)5)13-22(23(30)31)28-24(32)35-14-18-9-7-6-8-10-18/h6-13H,14-15H2,1-5H3,(H,27,33)(H,28,32)(H,30,31)/b22-13-. The van der Waals surface area contributed by atoms with Crippen LogP contribution in [0.3, 0.4) is 0 Å². The molecule has 0 fully saturated rings. The minimum atomic E-state index is -1.40. The molecule has 10 nitrogen and oxygen atoms in total. The van der Waals surface area contributed by atoms with Gasteiger partial charge in [-0.05, 0) is 56.5 Å². The molecule has 0 aliphatic heterocycles. The molecule has 0 atom stereocenters. The van der Waals surface area contributed by atoms with Crippen molar-refractivity contribution in [3.63, 3.8) is 0 Å². The number of carboxylic acid groups (broad SMARTS) is 1. The molecule has 0 radical (unpaired) electrons. The number of nitrogens with one attached hydrogen (secondary N) is 2. The molecule has 2 amide bonds. The fourth-order valence-electron chi connectivity index (χ4n) is 3.00. The highest BCUT2D eigenvalue weighted by Gasteiger charge is 2.20. The second-order valence-electron chi connectivity index (χ2n) is 8.76. The van der Waals surface area contributed by atoms with Gasteiger partial charge in [0.1, 0.15) is 24.5 Å². The van der Waals surface area contributed by atoms with Gasteiger partial charge in [0, 0.05) is 18.2 Å². The largest absolute Gasteiger partial charge is 0.477 e. The third-order valence-electron chi connectivity index (χ3n) is 4.67. The van der Waals surface area contributed by atoms with Gasteiger partial charge in [-0.3, -0.25) is 15.4 Å². The average Bonchev–Trinajstić information content (AvgIpc) is 2.78. The first-order chi connectivity index (χ1) is 16.9. The number of carboxylic acids is 1. The zero-order valence-electron chi connectivity index (χ0n) is 20.8. The quantitative estimate of drug-likeness (QED) is 0.269. The zero-order valence-corrected chi connectivity index (χ0v) is 20.8. The number of anilines is 1. The highest BCUT2D eigenvalue weighted by molar-refractivity contribution is 5.96. The molecule has 192 valence electrons. The van der Waals surface area contributed by atoms with Crippen LogP contribution in [0, 0.1) is 6.92 Å². The van der Waals surface area contributed by atoms with Crippen LogP contribution in [0.4, 0.5) is 15.3 Å². The number of alkyl carbamates (subject to hydrolysis) is 1. The molecule has 0 bridgehead atoms. The van der Waals surface area contributed by atoms with Crippen molar-refractivity contribution in [2.45, 2.75) is 53.4 Å². The second-order valence-corrected chi connectivity index (χ2v) is 8.76. The van der Waals surface area contributed by atoms with Crippen LogP contribution in [0.5, 0.6) is 0 Å². The Hall–Kier alpha value is -4.34. The summed E-state index contributed by atoms with van der Waals surface area (Å²) in [6.07, 6.45) is -0.412. The Morgan fingerprint density at radius 2 is 1.61 bits per heavy atom. The van der Waals surface area contributed by atoms with Gasteiger partial charge in [0.05, 0.1) is 0 Å². The van der Waals surface area contributed by atoms with Gasteiger partial charge in [0.2, 0.25) is 0 Å². The summed E-state index contributed by atoms with van der Waals surface area (Å²) < 4.78 is 15.5. The third kappa shape index (κ3) is 9.13. The number of hydrogen-bond donors (Lipinski definition) is 3. The number of hydrogen-bond acceptors (Lipinski definition) is 7. The summed E-state index contributed by atoms with van der Waals surface area (Å²) in [5.74, 6) is -1.95. The van der Waals surface area contributed by atoms with Gasteiger partial charge in [0.15, 0.2) is 0 Å². The Labute approximate surface area is 209 Å². The van der Waals surface area contributed by atoms with E-state index in [0.29, 0.717) is 22.4 Å². The van der Waals surface area contributed by atoms with E-state index < -0.39 is 35.4 Å². The van der Waals surface area contributed by atoms with E-state index in [2.05, 4.69) is 10.6 Å². The molecule has 0 aromatic heterocycles. The number of esters is 1. The van der Waals surface area contributed by atoms with Crippen molar-refractivity contribution < 1.29 is 38.5 Å². The highest BCUT2D eigenvalue weighted by Crippen LogP contribution is 2.26. The summed E-state index contributed by atoms with van der Waals surface area (Å²) in [6.45, 7) is 7.86. The molecule has 0 aliphatic carbocycles. The van der Waals surface area contributed by atoms with Gasteiger partial charge in [-0.2, -0.15) is 0 Å². The van der Waals surface area contributed by atoms with Crippen molar-refractivity contribution in [1.29, 1.82) is 0 Å². The summed E-state index contributed by atoms with van der Waals surface area (Å²) in [5, 5.41) is 14.5. The smallest absolute Gasteiger partial charge is 0.412 e. The molecule has 36 heavy (non-hydrogen) atoms. The first-order valence-electron chi connectivity index (χ1n) is 11.0. The second kappa shape index (κ2) is 12.4. The molecule has 0 unspecified atom stereocenters. The number of carbonyl (C=O) groups excluding carboxylic acids is 3. The lowest BCUT2D eigenvalue weighted by Crippen LogP contribution is -2.28. The number of amides is 2. The van der Waals surface area contributed by atoms with E-state index in [1.165, 1.54) is 19.1 Å². The van der Waals surface area contributed by atoms with Crippen molar-refractivity contribution in [3.05, 3.63) is 70.4 Å². The monoisotopic (exact) mass is 498 g/mol. The molecule has 0 saturated heterocycles. The van der Waals surface area contributed by atoms with E-state index in [1.54, 1.807) is 58.0 Å². The lowest BCUT2D eigenvalue weighted by Gasteiger charge is -2.21. The lowest BCUT2D eigenvalue weighted by atomic mass is 9.99. The Morgan fingerprint density at radius 3 is 2.19 bits per heavy atom. The van der Waals surface area contributed by atoms with Crippen LogP contribution in [0.1, 0.15) is 49.9 Å². The number of ether oxygens (including phenoxy) is 3. The number of rotatable bonds is 8. The van der Waals surface area contributed by atoms with E-state index in [4.69, 9.17) is 14.2 Å². The molecule has 2 aromatic rings. The number of aliphatic carboxylic acids is 1. The van der Waals surface area contributed by atoms with Crippen molar-refractivity contribution in [2.75, 3.05) is 5.32 Å². The minimum Gasteiger partial charge on any atom is -0.477 e. The van der Waals surface area contributed by atoms with Gasteiger partial charge in [-0.1, -0.05) is 36.4 Å². The first kappa shape index (κ1) is 27.9. The predicted octanol–water partition coefficient (Wildman–Crippen LogP) is 4.76. The fraction of sp³-hybridized carbons (Fsp3) is 0.308. The van der Waals surface area contributed by atoms with Gasteiger partial charge in [-0.15, -0.1) is 0 Å². The Bertz CT molecular complexity index is 1150. The Balaban J connectivity index is 2.31. The molecule has 0 heterocycles. The van der Waals surface area contributed by atoms with Crippen LogP contribution in [0.25, 0.3) is 6.08 Å². The molecule has 0 aliphatic rings. The summed E-state index contributed by atoms with van der Waals surface area (Å²) in [7, 11) is 0. The average molecular weight is 499 g/mol. The first-order valence-corrected chi connectivity index (χ1v) is 11.0. The number of benzene rings is 2. The van der Waals surface area contributed by atoms with Crippen molar-refractivity contribution in [3.8, 4) is 0 Å². The molecular formula is C26H30N2O8. The maximum Gasteiger partial charge on any atom is 0.412 e. The molecule has 2 rings (SSSR count). The lowest BCUT2D eigenvalue weighted by molar-refractivity contribution is -0.142. The van der Waals surface area contributed by atoms with Crippen LogP contribution < -0.4 is 10.6 Å². The van der Waals surface area contributed by atoms with Crippen molar-refractivity contribution >= 4 is 35.9 Å². The molecular weight excluding hydrogens is 468 g/mol. The van der Waals surface area contributed by atoms with Crippen LogP contribution in [0.2, 0.25) is 0 Å². The normalized spacial score (nSPS) is 11.3. The molecule has 0 spiro atoms. The molecule has 0 saturated carbocycles. The number of carbonyl (C=O) groups is 4. The third-order valence-corrected chi connectivity index (χ3v) is 4.67. The van der Waals surface area contributed by atoms with Gasteiger partial charge in [-0.25, -0.2) is 14.4 Å². The predicted molar refractivity (Wildman–Crippen MR) is 132 cm³/mol. The summed E-state index contributed by atoms with van der Waals surface area (Å²) in [5.41, 5.74) is 1.26. The van der Waals surface area contributed by atoms with Crippen LogP contribution in [-0.4, -0.2) is 34.8 Å². The Kier molecular flexibility index (Phi) is 9.60. The van der Waals surface area contributed by atoms with E-state index >= 15 is 0 Å². The summed E-state index contributed by atoms with van der Waals surface area (Å²) in [6, 6.07) is 12.0. The van der Waals surface area contributed by atoms with Crippen LogP contribution >= 0.6 is 0 Å².